The number of fused-ring (bicyclic) bond motifs is 3. The highest BCUT2D eigenvalue weighted by atomic mass is 79.9. The van der Waals surface area contributed by atoms with Gasteiger partial charge >= 0.3 is 0 Å². The lowest BCUT2D eigenvalue weighted by Gasteiger charge is -2.49. The predicted molar refractivity (Wildman–Crippen MR) is 113 cm³/mol. The molecule has 0 unspecified atom stereocenters. The lowest BCUT2D eigenvalue weighted by Crippen LogP contribution is -2.47. The first-order valence-electron chi connectivity index (χ1n) is 10.6. The van der Waals surface area contributed by atoms with Crippen LogP contribution in [0, 0.1) is 11.8 Å². The van der Waals surface area contributed by atoms with E-state index < -0.39 is 0 Å². The van der Waals surface area contributed by atoms with Gasteiger partial charge in [-0.25, -0.2) is 0 Å². The SMILES string of the molecule is CCCCCCCc1cc(O)c2c(c1)OC(C)(C)[C@@H]1CC[C@@H](CBr)C[C@@H]21. The van der Waals surface area contributed by atoms with E-state index in [9.17, 15) is 5.11 Å². The molecule has 1 heterocycles. The molecule has 0 amide bonds. The Morgan fingerprint density at radius 3 is 2.65 bits per heavy atom. The third-order valence-corrected chi connectivity index (χ3v) is 7.48. The molecule has 1 aliphatic heterocycles. The molecule has 1 aromatic carbocycles. The minimum Gasteiger partial charge on any atom is -0.508 e. The fraction of sp³-hybridized carbons (Fsp3) is 0.739. The number of hydrogen-bond donors (Lipinski definition) is 1. The third-order valence-electron chi connectivity index (χ3n) is 6.56. The Balaban J connectivity index is 1.80. The van der Waals surface area contributed by atoms with Crippen molar-refractivity contribution >= 4 is 15.9 Å². The number of halogens is 1. The molecule has 0 aromatic heterocycles. The molecule has 0 bridgehead atoms. The van der Waals surface area contributed by atoms with Gasteiger partial charge in [0, 0.05) is 16.8 Å². The van der Waals surface area contributed by atoms with E-state index >= 15 is 0 Å². The summed E-state index contributed by atoms with van der Waals surface area (Å²) in [5, 5.41) is 11.9. The van der Waals surface area contributed by atoms with Crippen molar-refractivity contribution in [2.75, 3.05) is 5.33 Å². The third kappa shape index (κ3) is 4.24. The molecular weight excluding hydrogens is 388 g/mol. The van der Waals surface area contributed by atoms with Gasteiger partial charge in [0.25, 0.3) is 0 Å². The van der Waals surface area contributed by atoms with Crippen LogP contribution in [0.25, 0.3) is 0 Å². The van der Waals surface area contributed by atoms with Gasteiger partial charge in [-0.15, -0.1) is 0 Å². The van der Waals surface area contributed by atoms with E-state index in [4.69, 9.17) is 4.74 Å². The smallest absolute Gasteiger partial charge is 0.127 e. The number of aromatic hydroxyl groups is 1. The first kappa shape index (κ1) is 20.0. The summed E-state index contributed by atoms with van der Waals surface area (Å²) in [6.07, 6.45) is 11.0. The van der Waals surface area contributed by atoms with Gasteiger partial charge in [0.2, 0.25) is 0 Å². The molecule has 1 saturated carbocycles. The number of ether oxygens (including phenoxy) is 1. The Morgan fingerprint density at radius 1 is 1.15 bits per heavy atom. The van der Waals surface area contributed by atoms with Gasteiger partial charge in [-0.1, -0.05) is 48.5 Å². The van der Waals surface area contributed by atoms with E-state index in [1.54, 1.807) is 0 Å². The highest BCUT2D eigenvalue weighted by Crippen LogP contribution is 2.55. The molecule has 3 rings (SSSR count). The summed E-state index contributed by atoms with van der Waals surface area (Å²) in [5.41, 5.74) is 2.15. The van der Waals surface area contributed by atoms with E-state index in [1.807, 2.05) is 6.07 Å². The van der Waals surface area contributed by atoms with Crippen LogP contribution in [0.2, 0.25) is 0 Å². The first-order chi connectivity index (χ1) is 12.5. The quantitative estimate of drug-likeness (QED) is 0.379. The van der Waals surface area contributed by atoms with Crippen LogP contribution in [0.4, 0.5) is 0 Å². The second-order valence-corrected chi connectivity index (χ2v) is 9.59. The van der Waals surface area contributed by atoms with Crippen LogP contribution in [0.1, 0.15) is 89.2 Å². The van der Waals surface area contributed by atoms with Crippen molar-refractivity contribution in [1.82, 2.24) is 0 Å². The maximum atomic E-state index is 10.9. The molecule has 1 aromatic rings. The normalized spacial score (nSPS) is 26.7. The highest BCUT2D eigenvalue weighted by molar-refractivity contribution is 9.09. The van der Waals surface area contributed by atoms with Crippen molar-refractivity contribution in [1.29, 1.82) is 0 Å². The monoisotopic (exact) mass is 422 g/mol. The van der Waals surface area contributed by atoms with E-state index in [0.717, 1.165) is 29.5 Å². The molecule has 2 aliphatic rings. The van der Waals surface area contributed by atoms with Crippen molar-refractivity contribution < 1.29 is 9.84 Å². The Labute approximate surface area is 167 Å². The largest absolute Gasteiger partial charge is 0.508 e. The summed E-state index contributed by atoms with van der Waals surface area (Å²) < 4.78 is 6.45. The molecule has 0 saturated heterocycles. The minimum absolute atomic E-state index is 0.152. The molecule has 26 heavy (non-hydrogen) atoms. The van der Waals surface area contributed by atoms with Crippen LogP contribution in [-0.4, -0.2) is 16.0 Å². The Morgan fingerprint density at radius 2 is 1.92 bits per heavy atom. The number of unbranched alkanes of at least 4 members (excludes halogenated alkanes) is 4. The molecular formula is C23H35BrO2. The molecule has 2 nitrogen and oxygen atoms in total. The topological polar surface area (TPSA) is 29.5 Å². The second kappa shape index (κ2) is 8.54. The Bertz CT molecular complexity index is 610. The zero-order chi connectivity index (χ0) is 18.7. The minimum atomic E-state index is -0.152. The number of hydrogen-bond acceptors (Lipinski definition) is 2. The van der Waals surface area contributed by atoms with E-state index in [1.165, 1.54) is 50.5 Å². The first-order valence-corrected chi connectivity index (χ1v) is 11.7. The van der Waals surface area contributed by atoms with Gasteiger partial charge in [-0.05, 0) is 75.5 Å². The van der Waals surface area contributed by atoms with Crippen LogP contribution < -0.4 is 4.74 Å². The Kier molecular flexibility index (Phi) is 6.59. The molecule has 0 radical (unpaired) electrons. The van der Waals surface area contributed by atoms with Gasteiger partial charge in [0.1, 0.15) is 17.1 Å². The van der Waals surface area contributed by atoms with Crippen molar-refractivity contribution in [3.05, 3.63) is 23.3 Å². The molecule has 1 fully saturated rings. The van der Waals surface area contributed by atoms with Gasteiger partial charge in [0.05, 0.1) is 0 Å². The fourth-order valence-electron chi connectivity index (χ4n) is 5.11. The maximum Gasteiger partial charge on any atom is 0.127 e. The van der Waals surface area contributed by atoms with Gasteiger partial charge in [0.15, 0.2) is 0 Å². The number of benzene rings is 1. The van der Waals surface area contributed by atoms with E-state index in [2.05, 4.69) is 42.8 Å². The lowest BCUT2D eigenvalue weighted by molar-refractivity contribution is -0.0141. The summed E-state index contributed by atoms with van der Waals surface area (Å²) in [6.45, 7) is 6.71. The molecule has 146 valence electrons. The highest BCUT2D eigenvalue weighted by Gasteiger charge is 2.47. The van der Waals surface area contributed by atoms with Crippen LogP contribution in [0.5, 0.6) is 11.5 Å². The van der Waals surface area contributed by atoms with Crippen LogP contribution >= 0.6 is 15.9 Å². The van der Waals surface area contributed by atoms with E-state index in [-0.39, 0.29) is 5.60 Å². The van der Waals surface area contributed by atoms with Gasteiger partial charge in [-0.2, -0.15) is 0 Å². The van der Waals surface area contributed by atoms with E-state index in [0.29, 0.717) is 23.5 Å². The van der Waals surface area contributed by atoms with Crippen LogP contribution in [0.3, 0.4) is 0 Å². The number of alkyl halides is 1. The average molecular weight is 423 g/mol. The molecule has 0 spiro atoms. The van der Waals surface area contributed by atoms with Crippen molar-refractivity contribution in [3.63, 3.8) is 0 Å². The Hall–Kier alpha value is -0.700. The van der Waals surface area contributed by atoms with Crippen molar-refractivity contribution in [2.45, 2.75) is 90.1 Å². The molecule has 1 N–H and O–H groups in total. The number of aryl methyl sites for hydroxylation is 1. The lowest BCUT2D eigenvalue weighted by atomic mass is 9.64. The molecule has 1 aliphatic carbocycles. The standard InChI is InChI=1S/C23H35BrO2/c1-4-5-6-7-8-9-16-13-20(25)22-18-12-17(15-24)10-11-19(18)23(2,3)26-21(22)14-16/h13-14,17-19,25H,4-12,15H2,1-3H3/t17-,18-,19-/m1/s1. The summed E-state index contributed by atoms with van der Waals surface area (Å²) >= 11 is 3.68. The number of rotatable bonds is 7. The predicted octanol–water partition coefficient (Wildman–Crippen LogP) is 6.97. The summed E-state index contributed by atoms with van der Waals surface area (Å²) in [5.74, 6) is 3.03. The fourth-order valence-corrected chi connectivity index (χ4v) is 5.70. The van der Waals surface area contributed by atoms with Crippen LogP contribution in [0.15, 0.2) is 12.1 Å². The summed E-state index contributed by atoms with van der Waals surface area (Å²) in [6, 6.07) is 4.22. The summed E-state index contributed by atoms with van der Waals surface area (Å²) in [7, 11) is 0. The van der Waals surface area contributed by atoms with Gasteiger partial charge < -0.3 is 9.84 Å². The zero-order valence-corrected chi connectivity index (χ0v) is 18.3. The second-order valence-electron chi connectivity index (χ2n) is 8.94. The number of phenols is 1. The van der Waals surface area contributed by atoms with Crippen LogP contribution in [-0.2, 0) is 6.42 Å². The maximum absolute atomic E-state index is 10.9. The molecule has 3 atom stereocenters. The van der Waals surface area contributed by atoms with Crippen molar-refractivity contribution in [3.8, 4) is 11.5 Å². The summed E-state index contributed by atoms with van der Waals surface area (Å²) in [4.78, 5) is 0. The average Bonchev–Trinajstić information content (AvgIpc) is 2.60. The zero-order valence-electron chi connectivity index (χ0n) is 16.7. The molecule has 3 heteroatoms. The number of phenolic OH excluding ortho intramolecular Hbond substituents is 1. The van der Waals surface area contributed by atoms with Gasteiger partial charge in [-0.3, -0.25) is 0 Å². The van der Waals surface area contributed by atoms with Crippen molar-refractivity contribution in [2.24, 2.45) is 11.8 Å².